The minimum Gasteiger partial charge on any atom is -0.351 e. The van der Waals surface area contributed by atoms with Gasteiger partial charge in [-0.25, -0.2) is 17.9 Å². The molecule has 3 amide bonds. The number of aromatic nitrogens is 4. The average molecular weight is 563 g/mol. The lowest BCUT2D eigenvalue weighted by molar-refractivity contribution is -0.115. The van der Waals surface area contributed by atoms with Gasteiger partial charge in [-0.3, -0.25) is 10.1 Å². The van der Waals surface area contributed by atoms with Gasteiger partial charge in [0, 0.05) is 23.7 Å². The van der Waals surface area contributed by atoms with Gasteiger partial charge in [-0.1, -0.05) is 0 Å². The predicted octanol–water partition coefficient (Wildman–Crippen LogP) is 1.45. The smallest absolute Gasteiger partial charge is 0.326 e. The molecule has 3 aliphatic rings. The first-order valence-corrected chi connectivity index (χ1v) is 14.4. The molecule has 0 bridgehead atoms. The molecule has 0 atom stereocenters. The fourth-order valence-electron chi connectivity index (χ4n) is 4.74. The lowest BCUT2D eigenvalue weighted by Gasteiger charge is -2.29. The highest BCUT2D eigenvalue weighted by atomic mass is 32.2. The zero-order chi connectivity index (χ0) is 27.9. The summed E-state index contributed by atoms with van der Waals surface area (Å²) in [6, 6.07) is 7.35. The molecule has 0 spiro atoms. The van der Waals surface area contributed by atoms with Crippen molar-refractivity contribution in [3.05, 3.63) is 47.3 Å². The molecule has 0 radical (unpaired) electrons. The zero-order valence-electron chi connectivity index (χ0n) is 21.2. The molecule has 15 heteroatoms. The van der Waals surface area contributed by atoms with E-state index in [1.807, 2.05) is 6.07 Å². The van der Waals surface area contributed by atoms with Gasteiger partial charge in [-0.15, -0.1) is 0 Å². The van der Waals surface area contributed by atoms with E-state index in [0.717, 1.165) is 12.8 Å². The Bertz CT molecular complexity index is 1660. The number of nitrogens with one attached hydrogen (secondary N) is 5. The molecule has 6 rings (SSSR count). The highest BCUT2D eigenvalue weighted by Gasteiger charge is 2.28. The number of benzene rings is 1. The number of carbonyl (C=O) groups is 2. The summed E-state index contributed by atoms with van der Waals surface area (Å²) in [5.74, 6) is 0.375. The third kappa shape index (κ3) is 5.44. The first kappa shape index (κ1) is 25.7. The number of sulfonamides is 1. The maximum Gasteiger partial charge on any atom is 0.326 e. The number of imide groups is 1. The average Bonchev–Trinajstić information content (AvgIpc) is 3.57. The second-order valence-corrected chi connectivity index (χ2v) is 11.8. The number of rotatable bonds is 8. The number of hydrogen-bond acceptors (Lipinski definition) is 10. The number of nitrogens with zero attached hydrogens (tertiary/aromatic N) is 5. The van der Waals surface area contributed by atoms with Gasteiger partial charge in [0.05, 0.1) is 22.7 Å². The molecular weight excluding hydrogens is 536 g/mol. The van der Waals surface area contributed by atoms with Crippen molar-refractivity contribution in [1.82, 2.24) is 34.9 Å². The molecule has 0 unspecified atom stereocenters. The standard InChI is InChI=1S/C25H26N10O4S/c26-12-14-1-9-19(10-2-14)40(38,39)34-18-7-5-16(6-8-18)28-23-31-21-15(11-20-22(36)32-25(37)30-20)13-27-35(21)24(33-23)29-17-3-4-17/h1-2,9-11,13,16-18,34H,3-8H2,(H2,28,29,31,33)(H2,30,32,36,37)/b20-11-/t16-,18-. The summed E-state index contributed by atoms with van der Waals surface area (Å²) in [6.07, 6.45) is 7.78. The predicted molar refractivity (Wildman–Crippen MR) is 143 cm³/mol. The number of carbonyl (C=O) groups excluding carboxylic acids is 2. The van der Waals surface area contributed by atoms with E-state index in [4.69, 9.17) is 5.26 Å². The Kier molecular flexibility index (Phi) is 6.56. The molecule has 5 N–H and O–H groups in total. The Morgan fingerprint density at radius 2 is 1.62 bits per heavy atom. The molecule has 2 saturated carbocycles. The van der Waals surface area contributed by atoms with E-state index >= 15 is 0 Å². The fraction of sp³-hybridized carbons (Fsp3) is 0.360. The Hall–Kier alpha value is -4.55. The van der Waals surface area contributed by atoms with Crippen molar-refractivity contribution in [3.63, 3.8) is 0 Å². The van der Waals surface area contributed by atoms with Crippen LogP contribution < -0.4 is 26.0 Å². The summed E-state index contributed by atoms with van der Waals surface area (Å²) in [7, 11) is -3.70. The summed E-state index contributed by atoms with van der Waals surface area (Å²) in [6.45, 7) is 0. The molecule has 2 aromatic heterocycles. The quantitative estimate of drug-likeness (QED) is 0.198. The van der Waals surface area contributed by atoms with Crippen molar-refractivity contribution < 1.29 is 18.0 Å². The van der Waals surface area contributed by atoms with Gasteiger partial charge < -0.3 is 16.0 Å². The van der Waals surface area contributed by atoms with Crippen LogP contribution in [0.1, 0.15) is 49.7 Å². The molecule has 2 aliphatic carbocycles. The second-order valence-electron chi connectivity index (χ2n) is 10.0. The monoisotopic (exact) mass is 562 g/mol. The van der Waals surface area contributed by atoms with Crippen molar-refractivity contribution in [1.29, 1.82) is 5.26 Å². The summed E-state index contributed by atoms with van der Waals surface area (Å²) in [5.41, 5.74) is 1.51. The Morgan fingerprint density at radius 3 is 2.27 bits per heavy atom. The molecule has 14 nitrogen and oxygen atoms in total. The topological polar surface area (TPSA) is 195 Å². The second kappa shape index (κ2) is 10.2. The van der Waals surface area contributed by atoms with E-state index in [9.17, 15) is 18.0 Å². The van der Waals surface area contributed by atoms with Crippen LogP contribution in [0.3, 0.4) is 0 Å². The summed E-state index contributed by atoms with van der Waals surface area (Å²) in [4.78, 5) is 32.9. The molecule has 1 saturated heterocycles. The van der Waals surface area contributed by atoms with E-state index in [-0.39, 0.29) is 22.7 Å². The number of nitriles is 1. The lowest BCUT2D eigenvalue weighted by atomic mass is 9.92. The van der Waals surface area contributed by atoms with E-state index in [0.29, 0.717) is 60.4 Å². The van der Waals surface area contributed by atoms with Crippen LogP contribution in [0.4, 0.5) is 16.7 Å². The van der Waals surface area contributed by atoms with Crippen molar-refractivity contribution in [2.24, 2.45) is 0 Å². The number of hydrogen-bond donors (Lipinski definition) is 5. The normalized spacial score (nSPS) is 22.1. The van der Waals surface area contributed by atoms with Gasteiger partial charge in [0.25, 0.3) is 5.91 Å². The molecule has 1 aromatic carbocycles. The third-order valence-corrected chi connectivity index (χ3v) is 8.54. The highest BCUT2D eigenvalue weighted by molar-refractivity contribution is 7.89. The minimum atomic E-state index is -3.70. The van der Waals surface area contributed by atoms with Crippen LogP contribution in [0.15, 0.2) is 41.1 Å². The van der Waals surface area contributed by atoms with Crippen molar-refractivity contribution >= 4 is 45.6 Å². The summed E-state index contributed by atoms with van der Waals surface area (Å²) >= 11 is 0. The van der Waals surface area contributed by atoms with Crippen molar-refractivity contribution in [2.75, 3.05) is 10.6 Å². The van der Waals surface area contributed by atoms with Crippen LogP contribution in [0, 0.1) is 11.3 Å². The molecular formula is C25H26N10O4S. The molecule has 206 valence electrons. The van der Waals surface area contributed by atoms with Crippen LogP contribution in [0.5, 0.6) is 0 Å². The van der Waals surface area contributed by atoms with Gasteiger partial charge >= 0.3 is 6.03 Å². The van der Waals surface area contributed by atoms with Gasteiger partial charge in [0.1, 0.15) is 5.70 Å². The van der Waals surface area contributed by atoms with E-state index in [1.165, 1.54) is 30.3 Å². The Balaban J connectivity index is 1.16. The fourth-order valence-corrected chi connectivity index (χ4v) is 6.04. The molecule has 3 heterocycles. The summed E-state index contributed by atoms with van der Waals surface area (Å²) < 4.78 is 29.9. The van der Waals surface area contributed by atoms with Crippen LogP contribution in [0.2, 0.25) is 0 Å². The van der Waals surface area contributed by atoms with E-state index in [1.54, 1.807) is 10.7 Å². The van der Waals surface area contributed by atoms with Crippen LogP contribution >= 0.6 is 0 Å². The lowest BCUT2D eigenvalue weighted by Crippen LogP contribution is -2.40. The first-order chi connectivity index (χ1) is 19.3. The molecule has 3 aromatic rings. The van der Waals surface area contributed by atoms with Crippen LogP contribution in [0.25, 0.3) is 11.7 Å². The number of anilines is 2. The van der Waals surface area contributed by atoms with Gasteiger partial charge in [0.15, 0.2) is 5.65 Å². The number of urea groups is 1. The highest BCUT2D eigenvalue weighted by Crippen LogP contribution is 2.27. The van der Waals surface area contributed by atoms with Gasteiger partial charge in [0.2, 0.25) is 21.9 Å². The molecule has 3 fully saturated rings. The van der Waals surface area contributed by atoms with Crippen molar-refractivity contribution in [2.45, 2.75) is 61.5 Å². The largest absolute Gasteiger partial charge is 0.351 e. The number of fused-ring (bicyclic) bond motifs is 1. The minimum absolute atomic E-state index is 0.0246. The number of amides is 3. The maximum absolute atomic E-state index is 12.8. The molecule has 1 aliphatic heterocycles. The maximum atomic E-state index is 12.8. The van der Waals surface area contributed by atoms with E-state index < -0.39 is 22.0 Å². The molecule has 40 heavy (non-hydrogen) atoms. The van der Waals surface area contributed by atoms with E-state index in [2.05, 4.69) is 41.1 Å². The Morgan fingerprint density at radius 1 is 0.950 bits per heavy atom. The van der Waals surface area contributed by atoms with Crippen molar-refractivity contribution in [3.8, 4) is 6.07 Å². The zero-order valence-corrected chi connectivity index (χ0v) is 22.0. The van der Waals surface area contributed by atoms with Gasteiger partial charge in [-0.05, 0) is 68.9 Å². The van der Waals surface area contributed by atoms with Crippen LogP contribution in [-0.4, -0.2) is 58.1 Å². The SMILES string of the molecule is N#Cc1ccc(S(=O)(=O)N[C@H]2CC[C@H](Nc3nc(NC4CC4)n4ncc(/C=C5\NC(=O)NC5=O)c4n3)CC2)cc1. The van der Waals surface area contributed by atoms with Gasteiger partial charge in [-0.2, -0.15) is 24.8 Å². The Labute approximate surface area is 229 Å². The first-order valence-electron chi connectivity index (χ1n) is 12.9. The van der Waals surface area contributed by atoms with Crippen LogP contribution in [-0.2, 0) is 14.8 Å². The summed E-state index contributed by atoms with van der Waals surface area (Å²) in [5, 5.41) is 24.7. The third-order valence-electron chi connectivity index (χ3n) is 7.00.